The fourth-order valence-corrected chi connectivity index (χ4v) is 5.62. The van der Waals surface area contributed by atoms with Gasteiger partial charge >= 0.3 is 0 Å². The molecule has 1 heterocycles. The number of benzene rings is 4. The fourth-order valence-electron chi connectivity index (χ4n) is 4.71. The average Bonchev–Trinajstić information content (AvgIpc) is 3.44. The molecule has 5 rings (SSSR count). The number of thioether (sulfide) groups is 1. The number of rotatable bonds is 10. The molecule has 5 aromatic rings. The highest BCUT2D eigenvalue weighted by atomic mass is 32.2. The second-order valence-electron chi connectivity index (χ2n) is 11.3. The minimum atomic E-state index is -0.536. The summed E-state index contributed by atoms with van der Waals surface area (Å²) in [5, 5.41) is 24.3. The Morgan fingerprint density at radius 1 is 0.860 bits per heavy atom. The Morgan fingerprint density at radius 2 is 1.47 bits per heavy atom. The van der Waals surface area contributed by atoms with Crippen LogP contribution in [0.1, 0.15) is 59.7 Å². The highest BCUT2D eigenvalue weighted by Gasteiger charge is 2.26. The van der Waals surface area contributed by atoms with Crippen LogP contribution < -0.4 is 5.32 Å². The lowest BCUT2D eigenvalue weighted by molar-refractivity contribution is -0.384. The maximum absolute atomic E-state index is 13.6. The van der Waals surface area contributed by atoms with Gasteiger partial charge in [-0.2, -0.15) is 0 Å². The van der Waals surface area contributed by atoms with Crippen LogP contribution in [0.4, 0.5) is 5.69 Å². The van der Waals surface area contributed by atoms with Gasteiger partial charge in [0.2, 0.25) is 0 Å². The van der Waals surface area contributed by atoms with Gasteiger partial charge in [-0.25, -0.2) is 0 Å². The Balaban J connectivity index is 1.53. The Bertz CT molecular complexity index is 1680. The van der Waals surface area contributed by atoms with Crippen molar-refractivity contribution in [2.45, 2.75) is 49.6 Å². The SMILES string of the molecule is CC(C)(C)c1ccc(C(=O)NC(Cc2ccccc2)c2nnc(SCc3ccccc3)n2-c2ccc([N+](=O)[O-])cc2)cc1. The molecule has 1 aromatic heterocycles. The van der Waals surface area contributed by atoms with Crippen LogP contribution in [0.3, 0.4) is 0 Å². The third kappa shape index (κ3) is 7.37. The van der Waals surface area contributed by atoms with Gasteiger partial charge in [-0.3, -0.25) is 19.5 Å². The van der Waals surface area contributed by atoms with Crippen LogP contribution in [0.5, 0.6) is 0 Å². The molecule has 0 spiro atoms. The van der Waals surface area contributed by atoms with Crippen molar-refractivity contribution in [1.82, 2.24) is 20.1 Å². The number of nitrogens with zero attached hydrogens (tertiary/aromatic N) is 4. The average molecular weight is 592 g/mol. The molecule has 0 aliphatic rings. The van der Waals surface area contributed by atoms with Crippen molar-refractivity contribution in [2.75, 3.05) is 0 Å². The molecule has 4 aromatic carbocycles. The number of hydrogen-bond donors (Lipinski definition) is 1. The first-order valence-electron chi connectivity index (χ1n) is 14.0. The van der Waals surface area contributed by atoms with E-state index in [1.54, 1.807) is 12.1 Å². The quantitative estimate of drug-likeness (QED) is 0.103. The molecule has 8 nitrogen and oxygen atoms in total. The van der Waals surface area contributed by atoms with E-state index in [2.05, 4.69) is 36.3 Å². The largest absolute Gasteiger partial charge is 0.342 e. The molecule has 1 N–H and O–H groups in total. The first kappa shape index (κ1) is 29.7. The Labute approximate surface area is 255 Å². The van der Waals surface area contributed by atoms with Crippen LogP contribution in [-0.2, 0) is 17.6 Å². The molecule has 0 bridgehead atoms. The zero-order valence-corrected chi connectivity index (χ0v) is 25.1. The maximum Gasteiger partial charge on any atom is 0.269 e. The van der Waals surface area contributed by atoms with Crippen molar-refractivity contribution in [2.24, 2.45) is 0 Å². The molecule has 1 unspecified atom stereocenters. The summed E-state index contributed by atoms with van der Waals surface area (Å²) < 4.78 is 1.88. The summed E-state index contributed by atoms with van der Waals surface area (Å²) in [6.07, 6.45) is 0.473. The number of hydrogen-bond acceptors (Lipinski definition) is 6. The van der Waals surface area contributed by atoms with E-state index >= 15 is 0 Å². The molecule has 0 aliphatic heterocycles. The molecule has 0 saturated heterocycles. The van der Waals surface area contributed by atoms with Crippen LogP contribution in [-0.4, -0.2) is 25.6 Å². The lowest BCUT2D eigenvalue weighted by Gasteiger charge is -2.21. The standard InChI is InChI=1S/C34H33N5O3S/c1-34(2,3)27-16-14-26(15-17-27)32(40)35-30(22-24-10-6-4-7-11-24)31-36-37-33(43-23-25-12-8-5-9-13-25)38(31)28-18-20-29(21-19-28)39(41)42/h4-21,30H,22-23H2,1-3H3,(H,35,40). The Morgan fingerprint density at radius 3 is 2.05 bits per heavy atom. The number of carbonyl (C=O) groups is 1. The van der Waals surface area contributed by atoms with Gasteiger partial charge in [0.25, 0.3) is 11.6 Å². The predicted octanol–water partition coefficient (Wildman–Crippen LogP) is 7.48. The van der Waals surface area contributed by atoms with E-state index in [1.165, 1.54) is 23.9 Å². The second kappa shape index (κ2) is 13.0. The van der Waals surface area contributed by atoms with Crippen molar-refractivity contribution in [3.05, 3.63) is 147 Å². The molecule has 0 saturated carbocycles. The highest BCUT2D eigenvalue weighted by Crippen LogP contribution is 2.30. The molecule has 43 heavy (non-hydrogen) atoms. The van der Waals surface area contributed by atoms with Crippen molar-refractivity contribution in [1.29, 1.82) is 0 Å². The minimum absolute atomic E-state index is 0.00953. The zero-order valence-electron chi connectivity index (χ0n) is 24.3. The van der Waals surface area contributed by atoms with Gasteiger partial charge in [-0.15, -0.1) is 10.2 Å². The normalized spacial score (nSPS) is 12.1. The monoisotopic (exact) mass is 591 g/mol. The summed E-state index contributed by atoms with van der Waals surface area (Å²) in [4.78, 5) is 24.5. The summed E-state index contributed by atoms with van der Waals surface area (Å²) in [6.45, 7) is 6.41. The first-order valence-corrected chi connectivity index (χ1v) is 15.0. The van der Waals surface area contributed by atoms with Crippen molar-refractivity contribution in [3.63, 3.8) is 0 Å². The fraction of sp³-hybridized carbons (Fsp3) is 0.206. The predicted molar refractivity (Wildman–Crippen MR) is 170 cm³/mol. The first-order chi connectivity index (χ1) is 20.7. The van der Waals surface area contributed by atoms with Crippen molar-refractivity contribution in [3.8, 4) is 5.69 Å². The number of amides is 1. The van der Waals surface area contributed by atoms with Crippen LogP contribution >= 0.6 is 11.8 Å². The summed E-state index contributed by atoms with van der Waals surface area (Å²) in [6, 6.07) is 33.3. The molecule has 1 atom stereocenters. The third-order valence-corrected chi connectivity index (χ3v) is 8.10. The van der Waals surface area contributed by atoms with Gasteiger partial charge in [0, 0.05) is 29.1 Å². The van der Waals surface area contributed by atoms with Gasteiger partial charge in [0.05, 0.1) is 11.0 Å². The lowest BCUT2D eigenvalue weighted by Crippen LogP contribution is -2.32. The smallest absolute Gasteiger partial charge is 0.269 e. The molecule has 0 radical (unpaired) electrons. The van der Waals surface area contributed by atoms with E-state index in [0.717, 1.165) is 16.7 Å². The number of nitro groups is 1. The van der Waals surface area contributed by atoms with Gasteiger partial charge < -0.3 is 5.32 Å². The van der Waals surface area contributed by atoms with E-state index in [9.17, 15) is 14.9 Å². The molecular weight excluding hydrogens is 558 g/mol. The number of aromatic nitrogens is 3. The van der Waals surface area contributed by atoms with E-state index in [0.29, 0.717) is 34.4 Å². The Hall–Kier alpha value is -4.76. The summed E-state index contributed by atoms with van der Waals surface area (Å²) >= 11 is 1.51. The van der Waals surface area contributed by atoms with E-state index in [-0.39, 0.29) is 17.0 Å². The third-order valence-electron chi connectivity index (χ3n) is 7.10. The maximum atomic E-state index is 13.6. The molecular formula is C34H33N5O3S. The summed E-state index contributed by atoms with van der Waals surface area (Å²) in [7, 11) is 0. The van der Waals surface area contributed by atoms with E-state index in [4.69, 9.17) is 0 Å². The minimum Gasteiger partial charge on any atom is -0.342 e. The summed E-state index contributed by atoms with van der Waals surface area (Å²) in [5.74, 6) is 0.966. The van der Waals surface area contributed by atoms with Gasteiger partial charge in [-0.05, 0) is 52.8 Å². The Kier molecular flexibility index (Phi) is 9.01. The molecule has 1 amide bonds. The lowest BCUT2D eigenvalue weighted by atomic mass is 9.86. The van der Waals surface area contributed by atoms with Gasteiger partial charge in [0.1, 0.15) is 0 Å². The topological polar surface area (TPSA) is 103 Å². The van der Waals surface area contributed by atoms with Crippen molar-refractivity contribution < 1.29 is 9.72 Å². The van der Waals surface area contributed by atoms with Crippen LogP contribution in [0.25, 0.3) is 5.69 Å². The molecule has 0 fully saturated rings. The number of carbonyl (C=O) groups excluding carboxylic acids is 1. The zero-order chi connectivity index (χ0) is 30.4. The molecule has 218 valence electrons. The van der Waals surface area contributed by atoms with Gasteiger partial charge in [-0.1, -0.05) is 105 Å². The van der Waals surface area contributed by atoms with Crippen LogP contribution in [0.15, 0.2) is 114 Å². The highest BCUT2D eigenvalue weighted by molar-refractivity contribution is 7.98. The van der Waals surface area contributed by atoms with E-state index < -0.39 is 11.0 Å². The van der Waals surface area contributed by atoms with Crippen LogP contribution in [0, 0.1) is 10.1 Å². The molecule has 9 heteroatoms. The number of nitrogens with one attached hydrogen (secondary N) is 1. The van der Waals surface area contributed by atoms with Crippen LogP contribution in [0.2, 0.25) is 0 Å². The number of non-ortho nitro benzene ring substituents is 1. The molecule has 0 aliphatic carbocycles. The second-order valence-corrected chi connectivity index (χ2v) is 12.2. The van der Waals surface area contributed by atoms with Crippen molar-refractivity contribution >= 4 is 23.4 Å². The number of nitro benzene ring substituents is 1. The summed E-state index contributed by atoms with van der Waals surface area (Å²) in [5.41, 5.74) is 4.47. The van der Waals surface area contributed by atoms with E-state index in [1.807, 2.05) is 89.5 Å². The van der Waals surface area contributed by atoms with Gasteiger partial charge in [0.15, 0.2) is 11.0 Å².